The number of aliphatic carboxylic acids is 1. The predicted molar refractivity (Wildman–Crippen MR) is 48.7 cm³/mol. The Kier molecular flexibility index (Phi) is 3.45. The fourth-order valence-corrected chi connectivity index (χ4v) is 1.00. The fraction of sp³-hybridized carbons (Fsp3) is 0.300. The normalized spacial score (nSPS) is 12.1. The summed E-state index contributed by atoms with van der Waals surface area (Å²) in [6.45, 7) is 1.67. The lowest BCUT2D eigenvalue weighted by Crippen LogP contribution is -2.26. The second-order valence-electron chi connectivity index (χ2n) is 2.78. The summed E-state index contributed by atoms with van der Waals surface area (Å²) in [6, 6.07) is 5.74. The quantitative estimate of drug-likeness (QED) is 0.805. The molecule has 14 heavy (non-hydrogen) atoms. The number of hydrogen-bond acceptors (Lipinski definition) is 2. The molecule has 0 aliphatic carbocycles. The maximum absolute atomic E-state index is 13.0. The summed E-state index contributed by atoms with van der Waals surface area (Å²) in [5.74, 6) is -1.66. The maximum Gasteiger partial charge on any atom is 0.344 e. The Morgan fingerprint density at radius 3 is 2.71 bits per heavy atom. The van der Waals surface area contributed by atoms with Gasteiger partial charge in [0.05, 0.1) is 0 Å². The maximum atomic E-state index is 13.0. The van der Waals surface area contributed by atoms with Crippen LogP contribution in [0.2, 0.25) is 0 Å². The number of carboxylic acid groups (broad SMARTS) is 1. The van der Waals surface area contributed by atoms with E-state index in [1.54, 1.807) is 13.0 Å². The number of halogens is 1. The van der Waals surface area contributed by atoms with Gasteiger partial charge in [-0.3, -0.25) is 0 Å². The zero-order chi connectivity index (χ0) is 10.6. The molecular weight excluding hydrogens is 187 g/mol. The van der Waals surface area contributed by atoms with Gasteiger partial charge in [-0.2, -0.15) is 0 Å². The van der Waals surface area contributed by atoms with Crippen molar-refractivity contribution in [3.63, 3.8) is 0 Å². The highest BCUT2D eigenvalue weighted by molar-refractivity contribution is 5.72. The first kappa shape index (κ1) is 10.5. The van der Waals surface area contributed by atoms with E-state index in [1.165, 1.54) is 18.2 Å². The van der Waals surface area contributed by atoms with Gasteiger partial charge in [0.25, 0.3) is 0 Å². The van der Waals surface area contributed by atoms with Crippen molar-refractivity contribution in [1.29, 1.82) is 0 Å². The molecule has 0 saturated heterocycles. The topological polar surface area (TPSA) is 46.5 Å². The van der Waals surface area contributed by atoms with Gasteiger partial charge in [-0.15, -0.1) is 0 Å². The van der Waals surface area contributed by atoms with Crippen molar-refractivity contribution in [2.75, 3.05) is 0 Å². The minimum atomic E-state index is -1.09. The first-order valence-electron chi connectivity index (χ1n) is 4.29. The first-order valence-corrected chi connectivity index (χ1v) is 4.29. The minimum absolute atomic E-state index is 0.0262. The highest BCUT2D eigenvalue weighted by Crippen LogP contribution is 2.17. The highest BCUT2D eigenvalue weighted by atomic mass is 19.1. The van der Waals surface area contributed by atoms with E-state index >= 15 is 0 Å². The average molecular weight is 198 g/mol. The number of benzene rings is 1. The van der Waals surface area contributed by atoms with Crippen LogP contribution in [0.5, 0.6) is 5.75 Å². The molecule has 0 heterocycles. The monoisotopic (exact) mass is 198 g/mol. The number of para-hydroxylation sites is 1. The largest absolute Gasteiger partial charge is 0.479 e. The molecule has 1 aromatic carbocycles. The van der Waals surface area contributed by atoms with E-state index < -0.39 is 17.9 Å². The molecule has 1 N–H and O–H groups in total. The molecule has 0 saturated carbocycles. The van der Waals surface area contributed by atoms with Crippen molar-refractivity contribution >= 4 is 5.97 Å². The standard InChI is InChI=1S/C10H11FO3/c1-2-8(10(12)13)14-9-6-4-3-5-7(9)11/h3-6,8H,2H2,1H3,(H,12,13)/t8-/m1/s1. The van der Waals surface area contributed by atoms with Gasteiger partial charge < -0.3 is 9.84 Å². The molecule has 0 aliphatic rings. The Morgan fingerprint density at radius 2 is 2.21 bits per heavy atom. The van der Waals surface area contributed by atoms with Gasteiger partial charge in [-0.05, 0) is 18.6 Å². The Balaban J connectivity index is 2.77. The van der Waals surface area contributed by atoms with Crippen molar-refractivity contribution in [3.8, 4) is 5.75 Å². The van der Waals surface area contributed by atoms with Crippen LogP contribution in [0.25, 0.3) is 0 Å². The smallest absolute Gasteiger partial charge is 0.344 e. The summed E-state index contributed by atoms with van der Waals surface area (Å²) in [5, 5.41) is 8.68. The van der Waals surface area contributed by atoms with Crippen LogP contribution in [0.3, 0.4) is 0 Å². The number of carboxylic acids is 1. The van der Waals surface area contributed by atoms with Crippen molar-refractivity contribution < 1.29 is 19.0 Å². The van der Waals surface area contributed by atoms with E-state index in [0.29, 0.717) is 6.42 Å². The Hall–Kier alpha value is -1.58. The Labute approximate surface area is 81.1 Å². The Morgan fingerprint density at radius 1 is 1.57 bits per heavy atom. The highest BCUT2D eigenvalue weighted by Gasteiger charge is 2.17. The SMILES string of the molecule is CC[C@@H](Oc1ccccc1F)C(=O)O. The van der Waals surface area contributed by atoms with E-state index in [0.717, 1.165) is 0 Å². The first-order chi connectivity index (χ1) is 6.65. The van der Waals surface area contributed by atoms with Gasteiger partial charge in [-0.1, -0.05) is 19.1 Å². The van der Waals surface area contributed by atoms with E-state index in [2.05, 4.69) is 0 Å². The summed E-state index contributed by atoms with van der Waals surface area (Å²) in [7, 11) is 0. The molecule has 3 nitrogen and oxygen atoms in total. The van der Waals surface area contributed by atoms with Crippen LogP contribution < -0.4 is 4.74 Å². The van der Waals surface area contributed by atoms with Crippen LogP contribution in [-0.2, 0) is 4.79 Å². The van der Waals surface area contributed by atoms with Gasteiger partial charge in [0.2, 0.25) is 0 Å². The zero-order valence-electron chi connectivity index (χ0n) is 7.74. The van der Waals surface area contributed by atoms with Gasteiger partial charge >= 0.3 is 5.97 Å². The van der Waals surface area contributed by atoms with E-state index in [4.69, 9.17) is 9.84 Å². The van der Waals surface area contributed by atoms with E-state index in [-0.39, 0.29) is 5.75 Å². The molecule has 0 fully saturated rings. The molecule has 0 spiro atoms. The van der Waals surface area contributed by atoms with Crippen LogP contribution in [0.1, 0.15) is 13.3 Å². The number of hydrogen-bond donors (Lipinski definition) is 1. The van der Waals surface area contributed by atoms with Crippen LogP contribution in [-0.4, -0.2) is 17.2 Å². The number of carbonyl (C=O) groups is 1. The summed E-state index contributed by atoms with van der Waals surface area (Å²) in [4.78, 5) is 10.6. The molecule has 1 atom stereocenters. The van der Waals surface area contributed by atoms with Crippen molar-refractivity contribution in [2.45, 2.75) is 19.4 Å². The lowest BCUT2D eigenvalue weighted by molar-refractivity contribution is -0.145. The minimum Gasteiger partial charge on any atom is -0.479 e. The fourth-order valence-electron chi connectivity index (χ4n) is 1.00. The lowest BCUT2D eigenvalue weighted by atomic mass is 10.2. The molecule has 0 radical (unpaired) electrons. The predicted octanol–water partition coefficient (Wildman–Crippen LogP) is 2.07. The molecule has 1 rings (SSSR count). The van der Waals surface area contributed by atoms with Gasteiger partial charge in [0, 0.05) is 0 Å². The molecule has 4 heteroatoms. The van der Waals surface area contributed by atoms with Crippen molar-refractivity contribution in [3.05, 3.63) is 30.1 Å². The lowest BCUT2D eigenvalue weighted by Gasteiger charge is -2.13. The molecule has 1 aromatic rings. The van der Waals surface area contributed by atoms with Crippen LogP contribution in [0, 0.1) is 5.82 Å². The summed E-state index contributed by atoms with van der Waals surface area (Å²) < 4.78 is 18.0. The average Bonchev–Trinajstić information content (AvgIpc) is 2.16. The second kappa shape index (κ2) is 4.60. The molecular formula is C10H11FO3. The van der Waals surface area contributed by atoms with Gasteiger partial charge in [-0.25, -0.2) is 9.18 Å². The molecule has 76 valence electrons. The Bertz CT molecular complexity index is 325. The van der Waals surface area contributed by atoms with Crippen molar-refractivity contribution in [2.24, 2.45) is 0 Å². The van der Waals surface area contributed by atoms with Crippen LogP contribution >= 0.6 is 0 Å². The molecule has 0 aliphatic heterocycles. The van der Waals surface area contributed by atoms with Crippen LogP contribution in [0.15, 0.2) is 24.3 Å². The summed E-state index contributed by atoms with van der Waals surface area (Å²) in [6.07, 6.45) is -0.698. The molecule has 0 unspecified atom stereocenters. The molecule has 0 aromatic heterocycles. The molecule has 0 amide bonds. The molecule has 0 bridgehead atoms. The third kappa shape index (κ3) is 2.45. The summed E-state index contributed by atoms with van der Waals surface area (Å²) in [5.41, 5.74) is 0. The summed E-state index contributed by atoms with van der Waals surface area (Å²) >= 11 is 0. The van der Waals surface area contributed by atoms with Gasteiger partial charge in [0.1, 0.15) is 0 Å². The number of rotatable bonds is 4. The third-order valence-electron chi connectivity index (χ3n) is 1.75. The second-order valence-corrected chi connectivity index (χ2v) is 2.78. The van der Waals surface area contributed by atoms with E-state index in [9.17, 15) is 9.18 Å². The zero-order valence-corrected chi connectivity index (χ0v) is 7.74. The van der Waals surface area contributed by atoms with Crippen LogP contribution in [0.4, 0.5) is 4.39 Å². The van der Waals surface area contributed by atoms with Gasteiger partial charge in [0.15, 0.2) is 17.7 Å². The number of ether oxygens (including phenoxy) is 1. The van der Waals surface area contributed by atoms with E-state index in [1.807, 2.05) is 0 Å². The van der Waals surface area contributed by atoms with Crippen molar-refractivity contribution in [1.82, 2.24) is 0 Å². The third-order valence-corrected chi connectivity index (χ3v) is 1.75.